The van der Waals surface area contributed by atoms with E-state index >= 15 is 0 Å². The molecule has 19 heavy (non-hydrogen) atoms. The minimum absolute atomic E-state index is 0.281. The minimum Gasteiger partial charge on any atom is -0.480 e. The number of likely N-dealkylation sites (tertiary alicyclic amines) is 1. The Bertz CT molecular complexity index is 484. The van der Waals surface area contributed by atoms with Crippen LogP contribution in [0.5, 0.6) is 0 Å². The molecule has 102 valence electrons. The quantitative estimate of drug-likeness (QED) is 0.907. The molecular weight excluding hydrogens is 238 g/mol. The lowest BCUT2D eigenvalue weighted by Crippen LogP contribution is -2.35. The zero-order chi connectivity index (χ0) is 13.2. The third-order valence-corrected chi connectivity index (χ3v) is 4.45. The number of aryl methyl sites for hydroxylation is 2. The molecular formula is C16H21NO2. The van der Waals surface area contributed by atoms with Crippen LogP contribution in [0.3, 0.4) is 0 Å². The molecule has 0 unspecified atom stereocenters. The van der Waals surface area contributed by atoms with E-state index in [0.29, 0.717) is 0 Å². The maximum absolute atomic E-state index is 11.2. The van der Waals surface area contributed by atoms with Gasteiger partial charge in [-0.05, 0) is 61.8 Å². The molecule has 2 aliphatic rings. The first-order valence-electron chi connectivity index (χ1n) is 7.31. The Hall–Kier alpha value is -1.35. The van der Waals surface area contributed by atoms with E-state index in [0.717, 1.165) is 25.9 Å². The van der Waals surface area contributed by atoms with Gasteiger partial charge in [0, 0.05) is 6.54 Å². The highest BCUT2D eigenvalue weighted by Crippen LogP contribution is 2.25. The number of carboxylic acid groups (broad SMARTS) is 1. The average molecular weight is 259 g/mol. The summed E-state index contributed by atoms with van der Waals surface area (Å²) in [4.78, 5) is 13.3. The number of carbonyl (C=O) groups is 1. The second kappa shape index (κ2) is 5.33. The molecule has 1 atom stereocenters. The summed E-state index contributed by atoms with van der Waals surface area (Å²) in [5.41, 5.74) is 4.25. The van der Waals surface area contributed by atoms with Gasteiger partial charge in [-0.3, -0.25) is 9.69 Å². The summed E-state index contributed by atoms with van der Waals surface area (Å²) < 4.78 is 0. The van der Waals surface area contributed by atoms with Crippen molar-refractivity contribution in [1.29, 1.82) is 0 Å². The van der Waals surface area contributed by atoms with Crippen LogP contribution in [-0.4, -0.2) is 28.6 Å². The number of hydrogen-bond donors (Lipinski definition) is 1. The molecule has 1 heterocycles. The van der Waals surface area contributed by atoms with Crippen molar-refractivity contribution in [2.75, 3.05) is 6.54 Å². The van der Waals surface area contributed by atoms with Crippen molar-refractivity contribution in [3.63, 3.8) is 0 Å². The van der Waals surface area contributed by atoms with Crippen LogP contribution < -0.4 is 0 Å². The summed E-state index contributed by atoms with van der Waals surface area (Å²) in [6.07, 6.45) is 6.78. The highest BCUT2D eigenvalue weighted by Gasteiger charge is 2.30. The molecule has 1 aromatic rings. The van der Waals surface area contributed by atoms with Gasteiger partial charge in [0.1, 0.15) is 6.04 Å². The van der Waals surface area contributed by atoms with Crippen molar-refractivity contribution in [2.24, 2.45) is 0 Å². The maximum atomic E-state index is 11.2. The van der Waals surface area contributed by atoms with Crippen molar-refractivity contribution < 1.29 is 9.90 Å². The summed E-state index contributed by atoms with van der Waals surface area (Å²) >= 11 is 0. The first-order chi connectivity index (χ1) is 9.24. The number of aliphatic carboxylic acids is 1. The number of nitrogens with zero attached hydrogens (tertiary/aromatic N) is 1. The molecule has 1 aliphatic carbocycles. The van der Waals surface area contributed by atoms with Crippen LogP contribution in [0.25, 0.3) is 0 Å². The Morgan fingerprint density at radius 1 is 1.21 bits per heavy atom. The molecule has 0 spiro atoms. The number of fused-ring (bicyclic) bond motifs is 1. The second-order valence-corrected chi connectivity index (χ2v) is 5.78. The van der Waals surface area contributed by atoms with E-state index in [1.54, 1.807) is 0 Å². The lowest BCUT2D eigenvalue weighted by molar-refractivity contribution is -0.142. The van der Waals surface area contributed by atoms with Gasteiger partial charge in [0.2, 0.25) is 0 Å². The predicted octanol–water partition coefficient (Wildman–Crippen LogP) is 2.61. The fourth-order valence-corrected chi connectivity index (χ4v) is 3.41. The molecule has 3 heteroatoms. The van der Waals surface area contributed by atoms with Crippen molar-refractivity contribution >= 4 is 5.97 Å². The van der Waals surface area contributed by atoms with Crippen LogP contribution in [0.1, 0.15) is 42.4 Å². The summed E-state index contributed by atoms with van der Waals surface area (Å²) in [5, 5.41) is 9.21. The van der Waals surface area contributed by atoms with E-state index in [1.165, 1.54) is 42.4 Å². The molecule has 0 radical (unpaired) electrons. The summed E-state index contributed by atoms with van der Waals surface area (Å²) in [7, 11) is 0. The average Bonchev–Trinajstić information content (AvgIpc) is 2.87. The fourth-order valence-electron chi connectivity index (χ4n) is 3.41. The van der Waals surface area contributed by atoms with Crippen LogP contribution in [0.4, 0.5) is 0 Å². The highest BCUT2D eigenvalue weighted by atomic mass is 16.4. The number of rotatable bonds is 3. The van der Waals surface area contributed by atoms with Crippen LogP contribution in [0, 0.1) is 0 Å². The third-order valence-electron chi connectivity index (χ3n) is 4.45. The fraction of sp³-hybridized carbons (Fsp3) is 0.562. The van der Waals surface area contributed by atoms with Gasteiger partial charge in [0.25, 0.3) is 0 Å². The van der Waals surface area contributed by atoms with Crippen molar-refractivity contribution in [3.8, 4) is 0 Å². The maximum Gasteiger partial charge on any atom is 0.320 e. The second-order valence-electron chi connectivity index (χ2n) is 5.78. The number of hydrogen-bond acceptors (Lipinski definition) is 2. The Balaban J connectivity index is 1.74. The Morgan fingerprint density at radius 3 is 2.79 bits per heavy atom. The lowest BCUT2D eigenvalue weighted by Gasteiger charge is -2.22. The van der Waals surface area contributed by atoms with E-state index < -0.39 is 5.97 Å². The van der Waals surface area contributed by atoms with Crippen LogP contribution >= 0.6 is 0 Å². The molecule has 3 rings (SSSR count). The predicted molar refractivity (Wildman–Crippen MR) is 74.2 cm³/mol. The van der Waals surface area contributed by atoms with Crippen LogP contribution in [-0.2, 0) is 24.2 Å². The molecule has 1 aromatic carbocycles. The van der Waals surface area contributed by atoms with Crippen LogP contribution in [0.15, 0.2) is 18.2 Å². The topological polar surface area (TPSA) is 40.5 Å². The largest absolute Gasteiger partial charge is 0.480 e. The first kappa shape index (κ1) is 12.7. The summed E-state index contributed by atoms with van der Waals surface area (Å²) in [5.74, 6) is -0.671. The van der Waals surface area contributed by atoms with Gasteiger partial charge in [0.15, 0.2) is 0 Å². The number of benzene rings is 1. The van der Waals surface area contributed by atoms with E-state index in [9.17, 15) is 9.90 Å². The SMILES string of the molecule is O=C(O)[C@H]1CCCN1Cc1ccc2c(c1)CCCC2. The van der Waals surface area contributed by atoms with Crippen molar-refractivity contribution in [1.82, 2.24) is 4.90 Å². The minimum atomic E-state index is -0.671. The monoisotopic (exact) mass is 259 g/mol. The van der Waals surface area contributed by atoms with Crippen molar-refractivity contribution in [3.05, 3.63) is 34.9 Å². The normalized spacial score (nSPS) is 23.3. The van der Waals surface area contributed by atoms with Gasteiger partial charge in [0.05, 0.1) is 0 Å². The van der Waals surface area contributed by atoms with E-state index in [1.807, 2.05) is 0 Å². The Labute approximate surface area is 114 Å². The molecule has 1 fully saturated rings. The highest BCUT2D eigenvalue weighted by molar-refractivity contribution is 5.73. The van der Waals surface area contributed by atoms with E-state index in [4.69, 9.17) is 0 Å². The molecule has 0 bridgehead atoms. The first-order valence-corrected chi connectivity index (χ1v) is 7.31. The smallest absolute Gasteiger partial charge is 0.320 e. The lowest BCUT2D eigenvalue weighted by atomic mass is 9.90. The summed E-state index contributed by atoms with van der Waals surface area (Å²) in [6, 6.07) is 6.44. The van der Waals surface area contributed by atoms with Gasteiger partial charge in [-0.25, -0.2) is 0 Å². The van der Waals surface area contributed by atoms with E-state index in [-0.39, 0.29) is 6.04 Å². The zero-order valence-electron chi connectivity index (χ0n) is 11.3. The molecule has 3 nitrogen and oxygen atoms in total. The molecule has 0 amide bonds. The van der Waals surface area contributed by atoms with Crippen LogP contribution in [0.2, 0.25) is 0 Å². The van der Waals surface area contributed by atoms with Gasteiger partial charge in [-0.2, -0.15) is 0 Å². The van der Waals surface area contributed by atoms with E-state index in [2.05, 4.69) is 23.1 Å². The number of carboxylic acids is 1. The standard InChI is InChI=1S/C16H21NO2/c18-16(19)15-6-3-9-17(15)11-12-7-8-13-4-1-2-5-14(13)10-12/h7-8,10,15H,1-6,9,11H2,(H,18,19)/t15-/m1/s1. The van der Waals surface area contributed by atoms with Gasteiger partial charge in [-0.15, -0.1) is 0 Å². The summed E-state index contributed by atoms with van der Waals surface area (Å²) in [6.45, 7) is 1.69. The van der Waals surface area contributed by atoms with Gasteiger partial charge >= 0.3 is 5.97 Å². The Kier molecular flexibility index (Phi) is 3.56. The third kappa shape index (κ3) is 2.66. The van der Waals surface area contributed by atoms with Crippen molar-refractivity contribution in [2.45, 2.75) is 51.1 Å². The molecule has 0 saturated carbocycles. The molecule has 1 aliphatic heterocycles. The molecule has 0 aromatic heterocycles. The Morgan fingerprint density at radius 2 is 2.00 bits per heavy atom. The zero-order valence-corrected chi connectivity index (χ0v) is 11.3. The molecule has 1 N–H and O–H groups in total. The molecule has 1 saturated heterocycles. The van der Waals surface area contributed by atoms with Gasteiger partial charge < -0.3 is 5.11 Å². The van der Waals surface area contributed by atoms with Gasteiger partial charge in [-0.1, -0.05) is 18.2 Å².